The summed E-state index contributed by atoms with van der Waals surface area (Å²) in [6.07, 6.45) is 19.9. The molecule has 1 unspecified atom stereocenters. The molecule has 0 aromatic carbocycles. The predicted octanol–water partition coefficient (Wildman–Crippen LogP) is 6.47. The van der Waals surface area contributed by atoms with E-state index in [1.807, 2.05) is 0 Å². The summed E-state index contributed by atoms with van der Waals surface area (Å²) in [6.45, 7) is 7.96. The van der Waals surface area contributed by atoms with Crippen molar-refractivity contribution in [2.75, 3.05) is 6.54 Å². The molecule has 0 saturated heterocycles. The molecule has 1 nitrogen and oxygen atoms in total. The Kier molecular flexibility index (Phi) is 17.0. The van der Waals surface area contributed by atoms with Gasteiger partial charge in [0.05, 0.1) is 0 Å². The first kappa shape index (κ1) is 20.0. The lowest BCUT2D eigenvalue weighted by atomic mass is 10.0. The fourth-order valence-electron chi connectivity index (χ4n) is 2.98. The van der Waals surface area contributed by atoms with Crippen molar-refractivity contribution in [3.63, 3.8) is 0 Å². The summed E-state index contributed by atoms with van der Waals surface area (Å²) in [4.78, 5) is 0. The van der Waals surface area contributed by atoms with Crippen molar-refractivity contribution in [1.29, 1.82) is 0 Å². The van der Waals surface area contributed by atoms with E-state index in [2.05, 4.69) is 26.1 Å². The molecule has 20 heavy (non-hydrogen) atoms. The van der Waals surface area contributed by atoms with E-state index in [1.165, 1.54) is 89.9 Å². The first-order valence-corrected chi connectivity index (χ1v) is 9.58. The minimum absolute atomic E-state index is 0.788. The number of nitrogens with one attached hydrogen (secondary N) is 1. The van der Waals surface area contributed by atoms with Gasteiger partial charge in [-0.3, -0.25) is 0 Å². The van der Waals surface area contributed by atoms with E-state index in [0.29, 0.717) is 0 Å². The van der Waals surface area contributed by atoms with E-state index in [-0.39, 0.29) is 0 Å². The van der Waals surface area contributed by atoms with Gasteiger partial charge in [0, 0.05) is 6.04 Å². The third-order valence-corrected chi connectivity index (χ3v) is 4.31. The molecule has 0 rings (SSSR count). The van der Waals surface area contributed by atoms with E-state index < -0.39 is 0 Å². The highest BCUT2D eigenvalue weighted by Crippen LogP contribution is 2.14. The summed E-state index contributed by atoms with van der Waals surface area (Å²) < 4.78 is 0. The van der Waals surface area contributed by atoms with Crippen molar-refractivity contribution >= 4 is 0 Å². The van der Waals surface area contributed by atoms with Gasteiger partial charge in [-0.25, -0.2) is 0 Å². The summed E-state index contributed by atoms with van der Waals surface area (Å²) in [5.74, 6) is 0. The third kappa shape index (κ3) is 14.4. The Bertz CT molecular complexity index is 167. The van der Waals surface area contributed by atoms with Crippen LogP contribution < -0.4 is 5.32 Å². The highest BCUT2D eigenvalue weighted by atomic mass is 14.9. The summed E-state index contributed by atoms with van der Waals surface area (Å²) in [7, 11) is 0. The van der Waals surface area contributed by atoms with Crippen LogP contribution in [0.5, 0.6) is 0 Å². The second-order valence-corrected chi connectivity index (χ2v) is 6.37. The van der Waals surface area contributed by atoms with Crippen molar-refractivity contribution in [1.82, 2.24) is 5.32 Å². The Morgan fingerprint density at radius 2 is 0.950 bits per heavy atom. The molecule has 0 aromatic rings. The van der Waals surface area contributed by atoms with Crippen molar-refractivity contribution in [2.45, 2.75) is 117 Å². The van der Waals surface area contributed by atoms with E-state index in [4.69, 9.17) is 0 Å². The van der Waals surface area contributed by atoms with Gasteiger partial charge >= 0.3 is 0 Å². The maximum absolute atomic E-state index is 3.67. The summed E-state index contributed by atoms with van der Waals surface area (Å²) in [6, 6.07) is 0.788. The van der Waals surface area contributed by atoms with E-state index in [9.17, 15) is 0 Å². The molecule has 0 amide bonds. The normalized spacial score (nSPS) is 12.8. The Morgan fingerprint density at radius 1 is 0.550 bits per heavy atom. The SMILES string of the molecule is CCCCCCCCCCCC(CCCCC)NCC. The molecular weight excluding hydrogens is 242 g/mol. The zero-order valence-corrected chi connectivity index (χ0v) is 14.7. The molecule has 0 saturated carbocycles. The molecule has 0 aliphatic rings. The minimum atomic E-state index is 0.788. The Balaban J connectivity index is 3.34. The molecule has 0 bridgehead atoms. The van der Waals surface area contributed by atoms with Crippen LogP contribution in [0.4, 0.5) is 0 Å². The highest BCUT2D eigenvalue weighted by Gasteiger charge is 2.06. The average Bonchev–Trinajstić information content (AvgIpc) is 2.45. The van der Waals surface area contributed by atoms with E-state index in [1.54, 1.807) is 0 Å². The Hall–Kier alpha value is -0.0400. The maximum Gasteiger partial charge on any atom is 0.00669 e. The van der Waals surface area contributed by atoms with Crippen LogP contribution in [0, 0.1) is 0 Å². The number of hydrogen-bond donors (Lipinski definition) is 1. The van der Waals surface area contributed by atoms with Crippen LogP contribution in [0.2, 0.25) is 0 Å². The quantitative estimate of drug-likeness (QED) is 0.320. The first-order chi connectivity index (χ1) is 9.85. The minimum Gasteiger partial charge on any atom is -0.314 e. The van der Waals surface area contributed by atoms with Gasteiger partial charge in [0.25, 0.3) is 0 Å². The summed E-state index contributed by atoms with van der Waals surface area (Å²) in [5, 5.41) is 3.67. The van der Waals surface area contributed by atoms with E-state index >= 15 is 0 Å². The Labute approximate surface area is 129 Å². The molecule has 1 atom stereocenters. The molecule has 122 valence electrons. The molecule has 0 heterocycles. The van der Waals surface area contributed by atoms with E-state index in [0.717, 1.165) is 12.6 Å². The van der Waals surface area contributed by atoms with Crippen LogP contribution in [-0.4, -0.2) is 12.6 Å². The number of hydrogen-bond acceptors (Lipinski definition) is 1. The topological polar surface area (TPSA) is 12.0 Å². The van der Waals surface area contributed by atoms with Crippen LogP contribution in [0.1, 0.15) is 111 Å². The highest BCUT2D eigenvalue weighted by molar-refractivity contribution is 4.66. The van der Waals surface area contributed by atoms with Gasteiger partial charge in [-0.15, -0.1) is 0 Å². The van der Waals surface area contributed by atoms with Crippen molar-refractivity contribution < 1.29 is 0 Å². The zero-order chi connectivity index (χ0) is 14.9. The maximum atomic E-state index is 3.67. The average molecular weight is 284 g/mol. The largest absolute Gasteiger partial charge is 0.314 e. The van der Waals surface area contributed by atoms with Gasteiger partial charge in [-0.05, 0) is 19.4 Å². The molecule has 1 heteroatoms. The van der Waals surface area contributed by atoms with Crippen molar-refractivity contribution in [3.05, 3.63) is 0 Å². The van der Waals surface area contributed by atoms with Crippen LogP contribution in [0.25, 0.3) is 0 Å². The fraction of sp³-hybridized carbons (Fsp3) is 1.00. The van der Waals surface area contributed by atoms with Crippen molar-refractivity contribution in [2.24, 2.45) is 0 Å². The summed E-state index contributed by atoms with van der Waals surface area (Å²) in [5.41, 5.74) is 0. The molecule has 0 aliphatic carbocycles. The van der Waals surface area contributed by atoms with Crippen molar-refractivity contribution in [3.8, 4) is 0 Å². The van der Waals surface area contributed by atoms with Crippen LogP contribution >= 0.6 is 0 Å². The number of rotatable bonds is 16. The fourth-order valence-corrected chi connectivity index (χ4v) is 2.98. The number of unbranched alkanes of at least 4 members (excludes halogenated alkanes) is 10. The van der Waals surface area contributed by atoms with Gasteiger partial charge in [-0.2, -0.15) is 0 Å². The smallest absolute Gasteiger partial charge is 0.00669 e. The molecule has 0 fully saturated rings. The van der Waals surface area contributed by atoms with Gasteiger partial charge in [-0.1, -0.05) is 97.8 Å². The molecule has 0 aliphatic heterocycles. The van der Waals surface area contributed by atoms with Crippen LogP contribution in [-0.2, 0) is 0 Å². The predicted molar refractivity (Wildman–Crippen MR) is 93.5 cm³/mol. The lowest BCUT2D eigenvalue weighted by Crippen LogP contribution is -2.28. The molecule has 0 aromatic heterocycles. The molecule has 0 spiro atoms. The van der Waals surface area contributed by atoms with Gasteiger partial charge in [0.15, 0.2) is 0 Å². The third-order valence-electron chi connectivity index (χ3n) is 4.31. The van der Waals surface area contributed by atoms with Gasteiger partial charge in [0.1, 0.15) is 0 Å². The second-order valence-electron chi connectivity index (χ2n) is 6.37. The Morgan fingerprint density at radius 3 is 1.45 bits per heavy atom. The lowest BCUT2D eigenvalue weighted by molar-refractivity contribution is 0.423. The van der Waals surface area contributed by atoms with Gasteiger partial charge in [0.2, 0.25) is 0 Å². The van der Waals surface area contributed by atoms with Crippen LogP contribution in [0.3, 0.4) is 0 Å². The molecular formula is C19H41N. The zero-order valence-electron chi connectivity index (χ0n) is 14.7. The lowest BCUT2D eigenvalue weighted by Gasteiger charge is -2.17. The van der Waals surface area contributed by atoms with Crippen LogP contribution in [0.15, 0.2) is 0 Å². The van der Waals surface area contributed by atoms with Gasteiger partial charge < -0.3 is 5.32 Å². The molecule has 1 N–H and O–H groups in total. The molecule has 0 radical (unpaired) electrons. The first-order valence-electron chi connectivity index (χ1n) is 9.58. The standard InChI is InChI=1S/C19H41N/c1-4-7-9-10-11-12-13-14-16-18-19(20-6-3)17-15-8-5-2/h19-20H,4-18H2,1-3H3. The summed E-state index contributed by atoms with van der Waals surface area (Å²) >= 11 is 0. The monoisotopic (exact) mass is 283 g/mol. The second kappa shape index (κ2) is 17.0.